The Hall–Kier alpha value is -2.61. The van der Waals surface area contributed by atoms with Gasteiger partial charge in [-0.05, 0) is 38.1 Å². The first-order chi connectivity index (χ1) is 13.9. The Kier molecular flexibility index (Phi) is 5.45. The predicted molar refractivity (Wildman–Crippen MR) is 118 cm³/mol. The van der Waals surface area contributed by atoms with Crippen LogP contribution in [0.5, 0.6) is 0 Å². The van der Waals surface area contributed by atoms with Gasteiger partial charge in [-0.25, -0.2) is 10.4 Å². The topological polar surface area (TPSA) is 63.7 Å². The van der Waals surface area contributed by atoms with Crippen LogP contribution >= 0.6 is 34.5 Å². The summed E-state index contributed by atoms with van der Waals surface area (Å²) in [5.74, 6) is -0.223. The van der Waals surface area contributed by atoms with E-state index in [1.165, 1.54) is 11.3 Å². The molecule has 0 aliphatic carbocycles. The van der Waals surface area contributed by atoms with E-state index in [1.54, 1.807) is 18.3 Å². The molecular formula is C20H17Cl2N5OS. The van der Waals surface area contributed by atoms with E-state index in [2.05, 4.69) is 15.5 Å². The average molecular weight is 446 g/mol. The molecule has 0 saturated carbocycles. The SMILES string of the molecule is Cc1cc(/C=N/NC(=O)Cc2cn3ccsc3n2)c(C)n1-c1cc(Cl)ccc1Cl. The van der Waals surface area contributed by atoms with Crippen molar-refractivity contribution < 1.29 is 4.79 Å². The normalized spacial score (nSPS) is 11.6. The molecule has 1 amide bonds. The summed E-state index contributed by atoms with van der Waals surface area (Å²) in [6.07, 6.45) is 5.55. The number of aromatic nitrogens is 3. The van der Waals surface area contributed by atoms with Crippen LogP contribution in [-0.4, -0.2) is 26.1 Å². The maximum atomic E-state index is 12.2. The van der Waals surface area contributed by atoms with Crippen molar-refractivity contribution in [1.29, 1.82) is 0 Å². The second-order valence-corrected chi connectivity index (χ2v) is 8.27. The van der Waals surface area contributed by atoms with E-state index < -0.39 is 0 Å². The molecule has 3 heterocycles. The third-order valence-electron chi connectivity index (χ3n) is 4.50. The Morgan fingerprint density at radius 3 is 2.93 bits per heavy atom. The summed E-state index contributed by atoms with van der Waals surface area (Å²) < 4.78 is 3.90. The molecule has 3 aromatic heterocycles. The number of carbonyl (C=O) groups excluding carboxylic acids is 1. The van der Waals surface area contributed by atoms with E-state index in [4.69, 9.17) is 23.2 Å². The van der Waals surface area contributed by atoms with E-state index in [0.717, 1.165) is 27.6 Å². The van der Waals surface area contributed by atoms with Gasteiger partial charge in [0, 0.05) is 39.7 Å². The number of amides is 1. The van der Waals surface area contributed by atoms with Gasteiger partial charge in [-0.3, -0.25) is 9.20 Å². The van der Waals surface area contributed by atoms with Gasteiger partial charge in [0.1, 0.15) is 0 Å². The van der Waals surface area contributed by atoms with E-state index >= 15 is 0 Å². The lowest BCUT2D eigenvalue weighted by molar-refractivity contribution is -0.120. The van der Waals surface area contributed by atoms with Crippen molar-refractivity contribution in [3.63, 3.8) is 0 Å². The average Bonchev–Trinajstić information content (AvgIpc) is 3.32. The first-order valence-electron chi connectivity index (χ1n) is 8.79. The van der Waals surface area contributed by atoms with Crippen molar-refractivity contribution in [3.8, 4) is 5.69 Å². The molecule has 29 heavy (non-hydrogen) atoms. The Labute approximate surface area is 181 Å². The molecule has 0 unspecified atom stereocenters. The summed E-state index contributed by atoms with van der Waals surface area (Å²) in [5, 5.41) is 7.26. The molecule has 0 saturated heterocycles. The number of halogens is 2. The monoisotopic (exact) mass is 445 g/mol. The molecule has 0 radical (unpaired) electrons. The number of carbonyl (C=O) groups is 1. The number of rotatable bonds is 5. The van der Waals surface area contributed by atoms with Gasteiger partial charge in [0.15, 0.2) is 4.96 Å². The first kappa shape index (κ1) is 19.7. The molecule has 1 aromatic carbocycles. The maximum Gasteiger partial charge on any atom is 0.246 e. The molecule has 0 spiro atoms. The summed E-state index contributed by atoms with van der Waals surface area (Å²) in [7, 11) is 0. The fourth-order valence-electron chi connectivity index (χ4n) is 3.19. The lowest BCUT2D eigenvalue weighted by Crippen LogP contribution is -2.20. The van der Waals surface area contributed by atoms with Gasteiger partial charge < -0.3 is 4.57 Å². The first-order valence-corrected chi connectivity index (χ1v) is 10.4. The van der Waals surface area contributed by atoms with Gasteiger partial charge in [0.25, 0.3) is 0 Å². The minimum atomic E-state index is -0.223. The standard InChI is InChI=1S/C20H17Cl2N5OS/c1-12-7-14(13(2)27(12)18-8-15(21)3-4-17(18)22)10-23-25-19(28)9-16-11-26-5-6-29-20(26)24-16/h3-8,10-11H,9H2,1-2H3,(H,25,28)/b23-10+. The molecule has 0 aliphatic heterocycles. The quantitative estimate of drug-likeness (QED) is 0.354. The number of hydrogen-bond donors (Lipinski definition) is 1. The minimum Gasteiger partial charge on any atom is -0.316 e. The highest BCUT2D eigenvalue weighted by Crippen LogP contribution is 2.28. The van der Waals surface area contributed by atoms with Crippen LogP contribution in [-0.2, 0) is 11.2 Å². The fraction of sp³-hybridized carbons (Fsp3) is 0.150. The van der Waals surface area contributed by atoms with Gasteiger partial charge in [-0.15, -0.1) is 11.3 Å². The fourth-order valence-corrected chi connectivity index (χ4v) is 4.27. The number of thiazole rings is 1. The van der Waals surface area contributed by atoms with Gasteiger partial charge >= 0.3 is 0 Å². The van der Waals surface area contributed by atoms with E-state index in [0.29, 0.717) is 15.7 Å². The molecule has 4 rings (SSSR count). The van der Waals surface area contributed by atoms with Gasteiger partial charge in [-0.2, -0.15) is 5.10 Å². The van der Waals surface area contributed by atoms with Crippen molar-refractivity contribution in [2.75, 3.05) is 0 Å². The Balaban J connectivity index is 1.48. The highest BCUT2D eigenvalue weighted by Gasteiger charge is 2.13. The second-order valence-electron chi connectivity index (χ2n) is 6.55. The molecule has 9 heteroatoms. The van der Waals surface area contributed by atoms with Crippen LogP contribution in [0.25, 0.3) is 10.6 Å². The summed E-state index contributed by atoms with van der Waals surface area (Å²) in [5.41, 5.74) is 6.87. The van der Waals surface area contributed by atoms with Crippen LogP contribution in [0.3, 0.4) is 0 Å². The Bertz CT molecular complexity index is 1210. The van der Waals surface area contributed by atoms with Crippen molar-refractivity contribution in [3.05, 3.63) is 74.7 Å². The van der Waals surface area contributed by atoms with Crippen LogP contribution in [0, 0.1) is 13.8 Å². The predicted octanol–water partition coefficient (Wildman–Crippen LogP) is 4.80. The maximum absolute atomic E-state index is 12.2. The summed E-state index contributed by atoms with van der Waals surface area (Å²) in [6, 6.07) is 7.32. The molecule has 4 aromatic rings. The van der Waals surface area contributed by atoms with Crippen LogP contribution in [0.2, 0.25) is 10.0 Å². The number of imidazole rings is 1. The summed E-state index contributed by atoms with van der Waals surface area (Å²) in [6.45, 7) is 3.94. The number of hydrazone groups is 1. The van der Waals surface area contributed by atoms with Crippen LogP contribution in [0.4, 0.5) is 0 Å². The number of nitrogens with zero attached hydrogens (tertiary/aromatic N) is 4. The molecule has 0 atom stereocenters. The highest BCUT2D eigenvalue weighted by molar-refractivity contribution is 7.15. The Morgan fingerprint density at radius 2 is 2.14 bits per heavy atom. The molecule has 0 aliphatic rings. The zero-order valence-corrected chi connectivity index (χ0v) is 18.0. The zero-order valence-electron chi connectivity index (χ0n) is 15.7. The zero-order chi connectivity index (χ0) is 20.5. The number of hydrogen-bond acceptors (Lipinski definition) is 4. The largest absolute Gasteiger partial charge is 0.316 e. The molecular weight excluding hydrogens is 429 g/mol. The number of benzene rings is 1. The van der Waals surface area contributed by atoms with Gasteiger partial charge in [0.05, 0.1) is 29.0 Å². The van der Waals surface area contributed by atoms with Gasteiger partial charge in [-0.1, -0.05) is 23.2 Å². The van der Waals surface area contributed by atoms with Crippen molar-refractivity contribution in [1.82, 2.24) is 19.4 Å². The highest BCUT2D eigenvalue weighted by atomic mass is 35.5. The second kappa shape index (κ2) is 8.02. The lowest BCUT2D eigenvalue weighted by Gasteiger charge is -2.12. The van der Waals surface area contributed by atoms with Gasteiger partial charge in [0.2, 0.25) is 5.91 Å². The van der Waals surface area contributed by atoms with E-state index in [1.807, 2.05) is 52.7 Å². The van der Waals surface area contributed by atoms with Crippen LogP contribution < -0.4 is 5.43 Å². The summed E-state index contributed by atoms with van der Waals surface area (Å²) in [4.78, 5) is 17.4. The minimum absolute atomic E-state index is 0.170. The molecule has 0 bridgehead atoms. The van der Waals surface area contributed by atoms with E-state index in [9.17, 15) is 4.79 Å². The van der Waals surface area contributed by atoms with Crippen LogP contribution in [0.15, 0.2) is 47.1 Å². The van der Waals surface area contributed by atoms with Crippen molar-refractivity contribution in [2.24, 2.45) is 5.10 Å². The lowest BCUT2D eigenvalue weighted by atomic mass is 10.2. The third-order valence-corrected chi connectivity index (χ3v) is 5.82. The number of aryl methyl sites for hydroxylation is 1. The third kappa shape index (κ3) is 4.07. The molecule has 0 fully saturated rings. The van der Waals surface area contributed by atoms with Crippen molar-refractivity contribution in [2.45, 2.75) is 20.3 Å². The molecule has 148 valence electrons. The van der Waals surface area contributed by atoms with E-state index in [-0.39, 0.29) is 12.3 Å². The van der Waals surface area contributed by atoms with Crippen LogP contribution in [0.1, 0.15) is 22.6 Å². The summed E-state index contributed by atoms with van der Waals surface area (Å²) >= 11 is 14.0. The van der Waals surface area contributed by atoms with Crippen molar-refractivity contribution >= 4 is 51.6 Å². The smallest absolute Gasteiger partial charge is 0.246 e. The Morgan fingerprint density at radius 1 is 1.31 bits per heavy atom. The molecule has 1 N–H and O–H groups in total. The molecule has 6 nitrogen and oxygen atoms in total. The number of fused-ring (bicyclic) bond motifs is 1. The number of nitrogens with one attached hydrogen (secondary N) is 1.